The van der Waals surface area contributed by atoms with Gasteiger partial charge < -0.3 is 0 Å². The van der Waals surface area contributed by atoms with Gasteiger partial charge in [0.1, 0.15) is 0 Å². The number of rotatable bonds is 10. The monoisotopic (exact) mass is 554 g/mol. The summed E-state index contributed by atoms with van der Waals surface area (Å²) in [5.74, 6) is 3.42. The molecular weight excluding hydrogens is 520 g/mol. The van der Waals surface area contributed by atoms with Crippen molar-refractivity contribution in [3.05, 3.63) is 84.0 Å². The van der Waals surface area contributed by atoms with E-state index in [1.165, 1.54) is 0 Å². The molecule has 38 heavy (non-hydrogen) atoms. The summed E-state index contributed by atoms with van der Waals surface area (Å²) in [5.41, 5.74) is 2.01. The normalized spacial score (nSPS) is 32.8. The van der Waals surface area contributed by atoms with Crippen LogP contribution in [0.25, 0.3) is 0 Å². The Labute approximate surface area is 226 Å². The predicted molar refractivity (Wildman–Crippen MR) is 144 cm³/mol. The lowest BCUT2D eigenvalue weighted by atomic mass is 9.81. The lowest BCUT2D eigenvalue weighted by Crippen LogP contribution is -2.22. The second-order valence-corrected chi connectivity index (χ2v) is 14.5. The van der Waals surface area contributed by atoms with Gasteiger partial charge in [0, 0.05) is 0 Å². The zero-order valence-electron chi connectivity index (χ0n) is 21.6. The lowest BCUT2D eigenvalue weighted by Gasteiger charge is -2.25. The highest BCUT2D eigenvalue weighted by molar-refractivity contribution is 7.87. The van der Waals surface area contributed by atoms with E-state index in [1.54, 1.807) is 48.5 Å². The van der Waals surface area contributed by atoms with Gasteiger partial charge in [0.05, 0.1) is 23.0 Å². The Balaban J connectivity index is 1.07. The zero-order valence-corrected chi connectivity index (χ0v) is 23.3. The van der Waals surface area contributed by atoms with Gasteiger partial charge in [-0.15, -0.1) is 0 Å². The van der Waals surface area contributed by atoms with Crippen molar-refractivity contribution in [1.29, 1.82) is 0 Å². The van der Waals surface area contributed by atoms with Crippen molar-refractivity contribution >= 4 is 20.2 Å². The van der Waals surface area contributed by atoms with E-state index in [0.717, 1.165) is 11.1 Å². The highest BCUT2D eigenvalue weighted by Gasteiger charge is 2.63. The Morgan fingerprint density at radius 1 is 0.553 bits per heavy atom. The van der Waals surface area contributed by atoms with Crippen LogP contribution in [0.4, 0.5) is 0 Å². The first kappa shape index (κ1) is 26.0. The molecule has 0 bridgehead atoms. The third kappa shape index (κ3) is 4.49. The van der Waals surface area contributed by atoms with Gasteiger partial charge in [0.2, 0.25) is 0 Å². The number of hydrogen-bond donors (Lipinski definition) is 0. The number of allylic oxidation sites excluding steroid dienone is 4. The van der Waals surface area contributed by atoms with Crippen LogP contribution in [0.2, 0.25) is 0 Å². The fourth-order valence-corrected chi connectivity index (χ4v) is 9.54. The summed E-state index contributed by atoms with van der Waals surface area (Å²) < 4.78 is 61.5. The summed E-state index contributed by atoms with van der Waals surface area (Å²) in [6.07, 6.45) is 10.7. The van der Waals surface area contributed by atoms with Crippen LogP contribution < -0.4 is 0 Å². The molecule has 2 fully saturated rings. The lowest BCUT2D eigenvalue weighted by molar-refractivity contribution is 0.211. The first-order chi connectivity index (χ1) is 18.2. The Kier molecular flexibility index (Phi) is 6.66. The van der Waals surface area contributed by atoms with Gasteiger partial charge in [-0.1, -0.05) is 59.7 Å². The van der Waals surface area contributed by atoms with E-state index in [2.05, 4.69) is 24.3 Å². The Morgan fingerprint density at radius 3 is 1.18 bits per heavy atom. The largest absolute Gasteiger partial charge is 0.296 e. The van der Waals surface area contributed by atoms with Gasteiger partial charge >= 0.3 is 0 Å². The third-order valence-electron chi connectivity index (χ3n) is 9.31. The van der Waals surface area contributed by atoms with E-state index in [0.29, 0.717) is 60.2 Å². The third-order valence-corrected chi connectivity index (χ3v) is 12.0. The number of aryl methyl sites for hydroxylation is 2. The summed E-state index contributed by atoms with van der Waals surface area (Å²) in [7, 11) is -7.53. The molecular formula is C30H34O6S2. The summed E-state index contributed by atoms with van der Waals surface area (Å²) in [6.45, 7) is 4.20. The molecule has 0 aliphatic heterocycles. The molecule has 2 aromatic carbocycles. The highest BCUT2D eigenvalue weighted by Crippen LogP contribution is 2.68. The van der Waals surface area contributed by atoms with Crippen molar-refractivity contribution in [3.8, 4) is 0 Å². The minimum atomic E-state index is -3.77. The molecule has 0 amide bonds. The molecule has 0 spiro atoms. The van der Waals surface area contributed by atoms with Gasteiger partial charge in [-0.25, -0.2) is 0 Å². The molecule has 202 valence electrons. The summed E-state index contributed by atoms with van der Waals surface area (Å²) >= 11 is 0. The fourth-order valence-electron chi connectivity index (χ4n) is 7.70. The second-order valence-electron chi connectivity index (χ2n) is 11.3. The van der Waals surface area contributed by atoms with Crippen molar-refractivity contribution in [2.24, 2.45) is 47.3 Å². The van der Waals surface area contributed by atoms with Crippen LogP contribution in [0.5, 0.6) is 0 Å². The van der Waals surface area contributed by atoms with Gasteiger partial charge in [-0.05, 0) is 98.3 Å². The van der Waals surface area contributed by atoms with Crippen LogP contribution in [0.1, 0.15) is 24.0 Å². The van der Waals surface area contributed by atoms with Crippen LogP contribution >= 0.6 is 0 Å². The maximum absolute atomic E-state index is 12.6. The van der Waals surface area contributed by atoms with Crippen LogP contribution in [0.15, 0.2) is 82.6 Å². The molecule has 6 rings (SSSR count). The molecule has 4 aliphatic carbocycles. The molecule has 0 aromatic heterocycles. The molecule has 8 heteroatoms. The molecule has 6 atom stereocenters. The summed E-state index contributed by atoms with van der Waals surface area (Å²) in [6, 6.07) is 13.5. The molecule has 0 N–H and O–H groups in total. The Hall–Kier alpha value is -2.26. The Morgan fingerprint density at radius 2 is 0.868 bits per heavy atom. The fraction of sp³-hybridized carbons (Fsp3) is 0.467. The molecule has 2 unspecified atom stereocenters. The average Bonchev–Trinajstić information content (AvgIpc) is 3.61. The maximum Gasteiger partial charge on any atom is 0.296 e. The molecule has 0 radical (unpaired) electrons. The number of hydrogen-bond acceptors (Lipinski definition) is 6. The van der Waals surface area contributed by atoms with Crippen LogP contribution in [-0.4, -0.2) is 30.0 Å². The van der Waals surface area contributed by atoms with E-state index in [4.69, 9.17) is 8.37 Å². The quantitative estimate of drug-likeness (QED) is 0.293. The minimum absolute atomic E-state index is 0.179. The molecule has 0 saturated heterocycles. The molecule has 2 aromatic rings. The van der Waals surface area contributed by atoms with E-state index in [1.807, 2.05) is 13.8 Å². The second kappa shape index (κ2) is 9.73. The van der Waals surface area contributed by atoms with Crippen LogP contribution in [0, 0.1) is 61.2 Å². The minimum Gasteiger partial charge on any atom is -0.266 e. The molecule has 2 saturated carbocycles. The standard InChI is InChI=1S/C30H34O6S2/c1-19-3-7-21(8-4-19)37(31,32)35-17-15-23-25-11-13-27-24(28-14-12-26(23)30(28)29(25)27)16-18-36-38(33,34)22-9-5-20(2)6-10-22/h3-14,23-30H,15-18H2,1-2H3/t23?,24?,25-,26+,27-,28+,29?,30?. The van der Waals surface area contributed by atoms with Crippen molar-refractivity contribution in [1.82, 2.24) is 0 Å². The highest BCUT2D eigenvalue weighted by atomic mass is 32.2. The average molecular weight is 555 g/mol. The summed E-state index contributed by atoms with van der Waals surface area (Å²) in [4.78, 5) is 0.394. The van der Waals surface area contributed by atoms with Crippen LogP contribution in [0.3, 0.4) is 0 Å². The van der Waals surface area contributed by atoms with Gasteiger partial charge in [-0.3, -0.25) is 8.37 Å². The molecule has 4 aliphatic rings. The van der Waals surface area contributed by atoms with Crippen molar-refractivity contribution in [2.75, 3.05) is 13.2 Å². The summed E-state index contributed by atoms with van der Waals surface area (Å²) in [5, 5.41) is 0. The number of benzene rings is 2. The SMILES string of the molecule is Cc1ccc(S(=O)(=O)OCCC2[C@H]3C=C[C@@H]4C(CCOS(=O)(=O)c5ccc(C)cc5)[C@@H]5C=C[C@@H]2C5C34)cc1. The van der Waals surface area contributed by atoms with Crippen molar-refractivity contribution < 1.29 is 25.2 Å². The molecule has 0 heterocycles. The smallest absolute Gasteiger partial charge is 0.266 e. The van der Waals surface area contributed by atoms with E-state index >= 15 is 0 Å². The maximum atomic E-state index is 12.6. The zero-order chi connectivity index (χ0) is 26.7. The van der Waals surface area contributed by atoms with Crippen molar-refractivity contribution in [3.63, 3.8) is 0 Å². The van der Waals surface area contributed by atoms with E-state index in [9.17, 15) is 16.8 Å². The van der Waals surface area contributed by atoms with Gasteiger partial charge in [0.15, 0.2) is 0 Å². The topological polar surface area (TPSA) is 86.7 Å². The van der Waals surface area contributed by atoms with Crippen molar-refractivity contribution in [2.45, 2.75) is 36.5 Å². The van der Waals surface area contributed by atoms with E-state index < -0.39 is 20.2 Å². The van der Waals surface area contributed by atoms with Gasteiger partial charge in [0.25, 0.3) is 20.2 Å². The van der Waals surface area contributed by atoms with Crippen LogP contribution in [-0.2, 0) is 28.6 Å². The van der Waals surface area contributed by atoms with Gasteiger partial charge in [-0.2, -0.15) is 16.8 Å². The predicted octanol–water partition coefficient (Wildman–Crippen LogP) is 5.29. The molecule has 6 nitrogen and oxygen atoms in total. The van der Waals surface area contributed by atoms with E-state index in [-0.39, 0.29) is 23.0 Å². The first-order valence-electron chi connectivity index (χ1n) is 13.4. The Bertz CT molecular complexity index is 1320. The first-order valence-corrected chi connectivity index (χ1v) is 16.3.